The van der Waals surface area contributed by atoms with Gasteiger partial charge in [-0.3, -0.25) is 4.79 Å². The number of hydrogen-bond acceptors (Lipinski definition) is 3. The van der Waals surface area contributed by atoms with E-state index in [1.807, 2.05) is 0 Å². The maximum Gasteiger partial charge on any atom is 0.421 e. The molecule has 1 aromatic carbocycles. The molecule has 0 heterocycles. The van der Waals surface area contributed by atoms with Gasteiger partial charge in [0.05, 0.1) is 5.69 Å². The van der Waals surface area contributed by atoms with Crippen molar-refractivity contribution in [3.8, 4) is 0 Å². The van der Waals surface area contributed by atoms with Crippen molar-refractivity contribution in [3.05, 3.63) is 29.6 Å². The summed E-state index contributed by atoms with van der Waals surface area (Å²) in [6, 6.07) is 2.52. The molecule has 0 spiro atoms. The van der Waals surface area contributed by atoms with Crippen LogP contribution in [0.15, 0.2) is 23.4 Å². The van der Waals surface area contributed by atoms with Gasteiger partial charge >= 0.3 is 6.18 Å². The summed E-state index contributed by atoms with van der Waals surface area (Å²) in [6.45, 7) is 0. The molecule has 0 radical (unpaired) electrons. The number of oxime groups is 1. The minimum absolute atomic E-state index is 0.352. The number of carbonyl (C=O) groups excluding carboxylic acids is 1. The lowest BCUT2D eigenvalue weighted by molar-refractivity contribution is -0.139. The molecule has 0 saturated heterocycles. The Morgan fingerprint density at radius 1 is 1.41 bits per heavy atom. The molecule has 92 valence electrons. The Balaban J connectivity index is 3.16. The third-order valence-corrected chi connectivity index (χ3v) is 1.73. The van der Waals surface area contributed by atoms with E-state index in [2.05, 4.69) is 5.16 Å². The second kappa shape index (κ2) is 4.81. The molecule has 0 fully saturated rings. The summed E-state index contributed by atoms with van der Waals surface area (Å²) in [5.74, 6) is -2.61. The average Bonchev–Trinajstić information content (AvgIpc) is 2.15. The second-order valence-corrected chi connectivity index (χ2v) is 2.89. The molecular formula is C9H6F4N2O2. The van der Waals surface area contributed by atoms with Crippen LogP contribution < -0.4 is 5.32 Å². The first-order chi connectivity index (χ1) is 7.86. The number of nitrogens with one attached hydrogen (secondary N) is 1. The number of nitrogens with zero attached hydrogens (tertiary/aromatic N) is 1. The monoisotopic (exact) mass is 250 g/mol. The Labute approximate surface area is 92.5 Å². The smallest absolute Gasteiger partial charge is 0.411 e. The molecule has 1 rings (SSSR count). The highest BCUT2D eigenvalue weighted by molar-refractivity contribution is 6.31. The lowest BCUT2D eigenvalue weighted by atomic mass is 10.1. The highest BCUT2D eigenvalue weighted by Crippen LogP contribution is 2.36. The van der Waals surface area contributed by atoms with E-state index in [1.165, 1.54) is 0 Å². The number of hydrogen-bond donors (Lipinski definition) is 2. The Morgan fingerprint density at radius 2 is 2.06 bits per heavy atom. The summed E-state index contributed by atoms with van der Waals surface area (Å²) in [5.41, 5.74) is -2.33. The molecule has 0 aliphatic carbocycles. The van der Waals surface area contributed by atoms with Crippen LogP contribution >= 0.6 is 0 Å². The van der Waals surface area contributed by atoms with E-state index in [0.29, 0.717) is 12.3 Å². The Hall–Kier alpha value is -2.12. The zero-order valence-electron chi connectivity index (χ0n) is 8.12. The van der Waals surface area contributed by atoms with E-state index in [-0.39, 0.29) is 0 Å². The lowest BCUT2D eigenvalue weighted by Gasteiger charge is -2.13. The summed E-state index contributed by atoms with van der Waals surface area (Å²) < 4.78 is 50.4. The van der Waals surface area contributed by atoms with Gasteiger partial charge in [0.25, 0.3) is 5.91 Å². The van der Waals surface area contributed by atoms with Crippen LogP contribution in [-0.2, 0) is 11.0 Å². The van der Waals surface area contributed by atoms with Crippen LogP contribution in [0.1, 0.15) is 5.56 Å². The van der Waals surface area contributed by atoms with Gasteiger partial charge in [-0.1, -0.05) is 11.2 Å². The van der Waals surface area contributed by atoms with Crippen molar-refractivity contribution in [2.75, 3.05) is 5.32 Å². The van der Waals surface area contributed by atoms with E-state index < -0.39 is 29.2 Å². The molecule has 1 amide bonds. The van der Waals surface area contributed by atoms with Crippen molar-refractivity contribution >= 4 is 17.8 Å². The van der Waals surface area contributed by atoms with E-state index in [9.17, 15) is 22.4 Å². The fourth-order valence-corrected chi connectivity index (χ4v) is 1.13. The molecular weight excluding hydrogens is 244 g/mol. The van der Waals surface area contributed by atoms with Gasteiger partial charge < -0.3 is 10.5 Å². The summed E-state index contributed by atoms with van der Waals surface area (Å²) >= 11 is 0. The van der Waals surface area contributed by atoms with Gasteiger partial charge in [-0.05, 0) is 12.1 Å². The third kappa shape index (κ3) is 3.16. The van der Waals surface area contributed by atoms with Gasteiger partial charge in [0.2, 0.25) is 0 Å². The van der Waals surface area contributed by atoms with Crippen LogP contribution in [0.2, 0.25) is 0 Å². The first kappa shape index (κ1) is 12.9. The van der Waals surface area contributed by atoms with Crippen molar-refractivity contribution < 1.29 is 27.6 Å². The second-order valence-electron chi connectivity index (χ2n) is 2.89. The molecule has 0 unspecified atom stereocenters. The van der Waals surface area contributed by atoms with Gasteiger partial charge in [0.1, 0.15) is 17.6 Å². The van der Waals surface area contributed by atoms with Crippen molar-refractivity contribution in [2.24, 2.45) is 5.16 Å². The first-order valence-electron chi connectivity index (χ1n) is 4.20. The zero-order chi connectivity index (χ0) is 13.1. The van der Waals surface area contributed by atoms with Crippen LogP contribution in [0, 0.1) is 5.82 Å². The quantitative estimate of drug-likeness (QED) is 0.366. The number of rotatable bonds is 2. The number of anilines is 1. The van der Waals surface area contributed by atoms with E-state index in [1.54, 1.807) is 5.32 Å². The summed E-state index contributed by atoms with van der Waals surface area (Å²) in [5, 5.41) is 12.1. The topological polar surface area (TPSA) is 61.7 Å². The number of alkyl halides is 3. The fraction of sp³-hybridized carbons (Fsp3) is 0.111. The van der Waals surface area contributed by atoms with Gasteiger partial charge in [-0.2, -0.15) is 13.2 Å². The first-order valence-corrected chi connectivity index (χ1v) is 4.20. The summed E-state index contributed by atoms with van der Waals surface area (Å²) in [4.78, 5) is 10.9. The van der Waals surface area contributed by atoms with Crippen molar-refractivity contribution in [3.63, 3.8) is 0 Å². The summed E-state index contributed by atoms with van der Waals surface area (Å²) in [7, 11) is 0. The number of carbonyl (C=O) groups is 1. The van der Waals surface area contributed by atoms with E-state index in [0.717, 1.165) is 12.1 Å². The van der Waals surface area contributed by atoms with Gasteiger partial charge in [-0.25, -0.2) is 4.39 Å². The van der Waals surface area contributed by atoms with Gasteiger partial charge in [0, 0.05) is 0 Å². The zero-order valence-corrected chi connectivity index (χ0v) is 8.12. The SMILES string of the molecule is O=C(/C=N/O)Nc1cccc(F)c1C(F)(F)F. The lowest BCUT2D eigenvalue weighted by Crippen LogP contribution is -2.18. The molecule has 17 heavy (non-hydrogen) atoms. The van der Waals surface area contributed by atoms with Crippen molar-refractivity contribution in [1.29, 1.82) is 0 Å². The molecule has 0 aromatic heterocycles. The van der Waals surface area contributed by atoms with Crippen LogP contribution in [0.25, 0.3) is 0 Å². The maximum atomic E-state index is 13.0. The van der Waals surface area contributed by atoms with Gasteiger partial charge in [-0.15, -0.1) is 0 Å². The third-order valence-electron chi connectivity index (χ3n) is 1.73. The minimum atomic E-state index is -4.94. The molecule has 0 bridgehead atoms. The molecule has 0 atom stereocenters. The number of halogens is 4. The predicted molar refractivity (Wildman–Crippen MR) is 50.3 cm³/mol. The highest BCUT2D eigenvalue weighted by atomic mass is 19.4. The van der Waals surface area contributed by atoms with Gasteiger partial charge in [0.15, 0.2) is 0 Å². The van der Waals surface area contributed by atoms with Crippen LogP contribution in [0.3, 0.4) is 0 Å². The molecule has 0 aliphatic heterocycles. The van der Waals surface area contributed by atoms with Crippen LogP contribution in [0.4, 0.5) is 23.2 Å². The minimum Gasteiger partial charge on any atom is -0.411 e. The Kier molecular flexibility index (Phi) is 3.66. The van der Waals surface area contributed by atoms with Crippen LogP contribution in [-0.4, -0.2) is 17.3 Å². The average molecular weight is 250 g/mol. The summed E-state index contributed by atoms with van der Waals surface area (Å²) in [6.07, 6.45) is -4.59. The Bertz CT molecular complexity index is 457. The Morgan fingerprint density at radius 3 is 2.59 bits per heavy atom. The molecule has 0 saturated carbocycles. The fourth-order valence-electron chi connectivity index (χ4n) is 1.13. The molecule has 8 heteroatoms. The molecule has 0 aliphatic rings. The van der Waals surface area contributed by atoms with Crippen molar-refractivity contribution in [2.45, 2.75) is 6.18 Å². The number of benzene rings is 1. The predicted octanol–water partition coefficient (Wildman–Crippen LogP) is 2.24. The molecule has 2 N–H and O–H groups in total. The standard InChI is InChI=1S/C9H6F4N2O2/c10-5-2-1-3-6(8(5)9(11,12)13)15-7(16)4-14-17/h1-4,17H,(H,15,16)/b14-4+. The molecule has 1 aromatic rings. The van der Waals surface area contributed by atoms with E-state index >= 15 is 0 Å². The largest absolute Gasteiger partial charge is 0.421 e. The number of amides is 1. The maximum absolute atomic E-state index is 13.0. The van der Waals surface area contributed by atoms with Crippen LogP contribution in [0.5, 0.6) is 0 Å². The highest BCUT2D eigenvalue weighted by Gasteiger charge is 2.37. The molecule has 4 nitrogen and oxygen atoms in total. The van der Waals surface area contributed by atoms with Crippen molar-refractivity contribution in [1.82, 2.24) is 0 Å². The van der Waals surface area contributed by atoms with E-state index in [4.69, 9.17) is 5.21 Å². The normalized spacial score (nSPS) is 11.8.